The van der Waals surface area contributed by atoms with Crippen LogP contribution in [0, 0.1) is 5.82 Å². The number of benzene rings is 1. The molecule has 5 rings (SSSR count). The number of nitrogens with zero attached hydrogens (tertiary/aromatic N) is 6. The van der Waals surface area contributed by atoms with Gasteiger partial charge in [0.2, 0.25) is 5.91 Å². The van der Waals surface area contributed by atoms with Crippen molar-refractivity contribution in [1.82, 2.24) is 24.7 Å². The van der Waals surface area contributed by atoms with Crippen molar-refractivity contribution in [1.29, 1.82) is 0 Å². The normalized spacial score (nSPS) is 21.6. The zero-order chi connectivity index (χ0) is 27.7. The molecule has 0 radical (unpaired) electrons. The molecule has 0 saturated carbocycles. The molecular formula is C27H34F4N6O2. The van der Waals surface area contributed by atoms with Gasteiger partial charge in [-0.3, -0.25) is 9.69 Å². The monoisotopic (exact) mass is 550 g/mol. The highest BCUT2D eigenvalue weighted by atomic mass is 19.4. The highest BCUT2D eigenvalue weighted by molar-refractivity contribution is 5.84. The number of ether oxygens (including phenoxy) is 1. The Morgan fingerprint density at radius 3 is 2.46 bits per heavy atom. The zero-order valence-corrected chi connectivity index (χ0v) is 22.3. The third kappa shape index (κ3) is 6.27. The third-order valence-electron chi connectivity index (χ3n) is 8.06. The predicted octanol–water partition coefficient (Wildman–Crippen LogP) is 3.24. The van der Waals surface area contributed by atoms with Gasteiger partial charge in [-0.1, -0.05) is 13.0 Å². The summed E-state index contributed by atoms with van der Waals surface area (Å²) in [5, 5.41) is 0. The average Bonchev–Trinajstić information content (AvgIpc) is 3.29. The van der Waals surface area contributed by atoms with Crippen LogP contribution in [0.3, 0.4) is 0 Å². The number of halogens is 4. The topological polar surface area (TPSA) is 65.0 Å². The van der Waals surface area contributed by atoms with Crippen LogP contribution >= 0.6 is 0 Å². The maximum atomic E-state index is 14.7. The van der Waals surface area contributed by atoms with Crippen molar-refractivity contribution in [3.8, 4) is 5.75 Å². The van der Waals surface area contributed by atoms with E-state index in [9.17, 15) is 22.4 Å². The molecule has 12 heteroatoms. The fourth-order valence-electron chi connectivity index (χ4n) is 5.79. The van der Waals surface area contributed by atoms with Crippen molar-refractivity contribution in [3.63, 3.8) is 0 Å². The Morgan fingerprint density at radius 2 is 1.79 bits per heavy atom. The molecule has 1 amide bonds. The van der Waals surface area contributed by atoms with Crippen molar-refractivity contribution < 1.29 is 27.1 Å². The van der Waals surface area contributed by atoms with Crippen LogP contribution in [-0.2, 0) is 11.2 Å². The van der Waals surface area contributed by atoms with Gasteiger partial charge in [0.25, 0.3) is 0 Å². The summed E-state index contributed by atoms with van der Waals surface area (Å²) in [6.45, 7) is 7.90. The molecule has 0 spiro atoms. The van der Waals surface area contributed by atoms with E-state index >= 15 is 0 Å². The summed E-state index contributed by atoms with van der Waals surface area (Å²) >= 11 is 0. The second-order valence-corrected chi connectivity index (χ2v) is 10.7. The van der Waals surface area contributed by atoms with Crippen LogP contribution in [-0.4, -0.2) is 103 Å². The van der Waals surface area contributed by atoms with Crippen LogP contribution in [0.1, 0.15) is 42.0 Å². The number of hydrogen-bond donors (Lipinski definition) is 0. The van der Waals surface area contributed by atoms with Gasteiger partial charge in [0.15, 0.2) is 11.6 Å². The van der Waals surface area contributed by atoms with Crippen molar-refractivity contribution >= 4 is 11.7 Å². The van der Waals surface area contributed by atoms with Gasteiger partial charge in [0.1, 0.15) is 12.1 Å². The Morgan fingerprint density at radius 1 is 1.08 bits per heavy atom. The standard InChI is InChI=1S/C27H34F4N6O2/c1-18-3-5-22-24(18)25(33-17-32-22)36-11-13-37(14-12-36)26(38)20(16-35-9-7-34(2)8-10-35)19-4-6-23(21(28)15-19)39-27(29,30)31/h4,6,15,17-18,20H,3,5,7-14,16H2,1-2H3/t18-,20-/m1/s1. The van der Waals surface area contributed by atoms with Gasteiger partial charge in [0.05, 0.1) is 5.92 Å². The van der Waals surface area contributed by atoms with E-state index in [4.69, 9.17) is 0 Å². The van der Waals surface area contributed by atoms with Gasteiger partial charge in [0, 0.05) is 70.2 Å². The third-order valence-corrected chi connectivity index (χ3v) is 8.06. The number of fused-ring (bicyclic) bond motifs is 1. The summed E-state index contributed by atoms with van der Waals surface area (Å²) in [6, 6.07) is 3.32. The number of aromatic nitrogens is 2. The summed E-state index contributed by atoms with van der Waals surface area (Å²) in [5.41, 5.74) is 2.64. The van der Waals surface area contributed by atoms with Gasteiger partial charge in [-0.05, 0) is 43.5 Å². The van der Waals surface area contributed by atoms with Gasteiger partial charge >= 0.3 is 6.36 Å². The number of hydrogen-bond acceptors (Lipinski definition) is 7. The second kappa shape index (κ2) is 11.2. The first-order valence-corrected chi connectivity index (χ1v) is 13.4. The molecule has 2 atom stereocenters. The summed E-state index contributed by atoms with van der Waals surface area (Å²) < 4.78 is 56.5. The average molecular weight is 551 g/mol. The number of alkyl halides is 3. The van der Waals surface area contributed by atoms with Crippen molar-refractivity contribution in [2.45, 2.75) is 38.0 Å². The number of aryl methyl sites for hydroxylation is 1. The summed E-state index contributed by atoms with van der Waals surface area (Å²) in [5.74, 6) is -1.58. The molecule has 2 fully saturated rings. The number of anilines is 1. The Kier molecular flexibility index (Phi) is 7.95. The maximum absolute atomic E-state index is 14.7. The molecule has 2 aromatic rings. The summed E-state index contributed by atoms with van der Waals surface area (Å²) in [7, 11) is 2.03. The lowest BCUT2D eigenvalue weighted by molar-refractivity contribution is -0.275. The molecule has 1 aliphatic carbocycles. The van der Waals surface area contributed by atoms with Crippen LogP contribution in [0.25, 0.3) is 0 Å². The second-order valence-electron chi connectivity index (χ2n) is 10.7. The van der Waals surface area contributed by atoms with Crippen LogP contribution in [0.15, 0.2) is 24.5 Å². The number of carbonyl (C=O) groups excluding carboxylic acids is 1. The number of likely N-dealkylation sites (N-methyl/N-ethyl adjacent to an activating group) is 1. The Balaban J connectivity index is 1.32. The fraction of sp³-hybridized carbons (Fsp3) is 0.593. The minimum absolute atomic E-state index is 0.154. The van der Waals surface area contributed by atoms with E-state index in [1.54, 1.807) is 11.2 Å². The van der Waals surface area contributed by atoms with E-state index in [0.717, 1.165) is 62.7 Å². The molecule has 3 aliphatic rings. The predicted molar refractivity (Wildman–Crippen MR) is 137 cm³/mol. The molecule has 2 aliphatic heterocycles. The van der Waals surface area contributed by atoms with Gasteiger partial charge < -0.3 is 19.4 Å². The highest BCUT2D eigenvalue weighted by Crippen LogP contribution is 2.37. The molecule has 0 bridgehead atoms. The first-order valence-electron chi connectivity index (χ1n) is 13.4. The van der Waals surface area contributed by atoms with Crippen molar-refractivity contribution in [2.24, 2.45) is 0 Å². The molecule has 3 heterocycles. The summed E-state index contributed by atoms with van der Waals surface area (Å²) in [4.78, 5) is 31.2. The minimum Gasteiger partial charge on any atom is -0.403 e. The quantitative estimate of drug-likeness (QED) is 0.512. The van der Waals surface area contributed by atoms with Crippen LogP contribution in [0.5, 0.6) is 5.75 Å². The first kappa shape index (κ1) is 27.6. The number of rotatable bonds is 6. The van der Waals surface area contributed by atoms with E-state index < -0.39 is 23.8 Å². The van der Waals surface area contributed by atoms with Crippen molar-refractivity contribution in [2.75, 3.05) is 70.9 Å². The molecule has 0 unspecified atom stereocenters. The van der Waals surface area contributed by atoms with Crippen LogP contribution in [0.4, 0.5) is 23.4 Å². The van der Waals surface area contributed by atoms with E-state index in [1.165, 1.54) is 11.6 Å². The molecular weight excluding hydrogens is 516 g/mol. The highest BCUT2D eigenvalue weighted by Gasteiger charge is 2.35. The fourth-order valence-corrected chi connectivity index (χ4v) is 5.79. The lowest BCUT2D eigenvalue weighted by Crippen LogP contribution is -2.52. The lowest BCUT2D eigenvalue weighted by Gasteiger charge is -2.39. The molecule has 0 N–H and O–H groups in total. The largest absolute Gasteiger partial charge is 0.573 e. The lowest BCUT2D eigenvalue weighted by atomic mass is 9.95. The zero-order valence-electron chi connectivity index (χ0n) is 22.3. The van der Waals surface area contributed by atoms with Crippen molar-refractivity contribution in [3.05, 3.63) is 47.2 Å². The Hall–Kier alpha value is -2.99. The number of piperazine rings is 2. The molecule has 8 nitrogen and oxygen atoms in total. The molecule has 212 valence electrons. The van der Waals surface area contributed by atoms with E-state index in [2.05, 4.69) is 36.3 Å². The number of carbonyl (C=O) groups is 1. The van der Waals surface area contributed by atoms with E-state index in [0.29, 0.717) is 44.2 Å². The number of amides is 1. The molecule has 1 aromatic carbocycles. The van der Waals surface area contributed by atoms with Gasteiger partial charge in [-0.2, -0.15) is 0 Å². The maximum Gasteiger partial charge on any atom is 0.573 e. The first-order chi connectivity index (χ1) is 18.6. The van der Waals surface area contributed by atoms with Gasteiger partial charge in [-0.25, -0.2) is 14.4 Å². The molecule has 2 saturated heterocycles. The van der Waals surface area contributed by atoms with E-state index in [1.807, 2.05) is 7.05 Å². The Bertz CT molecular complexity index is 1180. The smallest absolute Gasteiger partial charge is 0.403 e. The van der Waals surface area contributed by atoms with Crippen LogP contribution < -0.4 is 9.64 Å². The molecule has 39 heavy (non-hydrogen) atoms. The van der Waals surface area contributed by atoms with Gasteiger partial charge in [-0.15, -0.1) is 13.2 Å². The minimum atomic E-state index is -5.00. The van der Waals surface area contributed by atoms with E-state index in [-0.39, 0.29) is 5.91 Å². The summed E-state index contributed by atoms with van der Waals surface area (Å²) in [6.07, 6.45) is -1.40. The SMILES string of the molecule is C[C@@H]1CCc2ncnc(N3CCN(C(=O)[C@H](CN4CCN(C)CC4)c4ccc(OC(F)(F)F)c(F)c4)CC3)c21. The van der Waals surface area contributed by atoms with Crippen LogP contribution in [0.2, 0.25) is 0 Å². The molecule has 1 aromatic heterocycles. The Labute approximate surface area is 225 Å².